The third kappa shape index (κ3) is 1.44. The standard InChI is InChI=1S/C11H12NO/c1-3-5-10-12-11-8(2)6-4-7-9(11)13-10/h4,6-7H,2-3,5H2,1H3. The monoisotopic (exact) mass is 174 g/mol. The molecule has 1 aromatic heterocycles. The third-order valence-electron chi connectivity index (χ3n) is 2.01. The molecule has 0 spiro atoms. The van der Waals surface area contributed by atoms with Gasteiger partial charge in [0.05, 0.1) is 0 Å². The number of nitrogens with zero attached hydrogens (tertiary/aromatic N) is 1. The van der Waals surface area contributed by atoms with E-state index in [-0.39, 0.29) is 0 Å². The number of aryl methyl sites for hydroxylation is 1. The molecule has 0 saturated heterocycles. The topological polar surface area (TPSA) is 26.0 Å². The van der Waals surface area contributed by atoms with E-state index in [9.17, 15) is 0 Å². The maximum atomic E-state index is 5.54. The van der Waals surface area contributed by atoms with Gasteiger partial charge in [-0.2, -0.15) is 0 Å². The molecule has 0 atom stereocenters. The lowest BCUT2D eigenvalue weighted by Crippen LogP contribution is -1.81. The van der Waals surface area contributed by atoms with E-state index in [1.165, 1.54) is 0 Å². The molecule has 2 nitrogen and oxygen atoms in total. The first-order valence-electron chi connectivity index (χ1n) is 4.51. The minimum atomic E-state index is 0.814. The highest BCUT2D eigenvalue weighted by atomic mass is 16.3. The van der Waals surface area contributed by atoms with Crippen LogP contribution in [0.2, 0.25) is 0 Å². The first-order chi connectivity index (χ1) is 6.31. The smallest absolute Gasteiger partial charge is 0.195 e. The Kier molecular flexibility index (Phi) is 2.05. The molecule has 0 aliphatic carbocycles. The van der Waals surface area contributed by atoms with Gasteiger partial charge in [0.1, 0.15) is 5.52 Å². The molecule has 2 aromatic rings. The van der Waals surface area contributed by atoms with E-state index < -0.39 is 0 Å². The zero-order valence-corrected chi connectivity index (χ0v) is 7.71. The number of oxazole rings is 1. The fourth-order valence-electron chi connectivity index (χ4n) is 1.37. The first kappa shape index (κ1) is 8.30. The van der Waals surface area contributed by atoms with Crippen LogP contribution in [0.15, 0.2) is 22.6 Å². The maximum Gasteiger partial charge on any atom is 0.195 e. The number of aromatic nitrogens is 1. The van der Waals surface area contributed by atoms with Crippen LogP contribution < -0.4 is 0 Å². The summed E-state index contributed by atoms with van der Waals surface area (Å²) in [6.07, 6.45) is 1.95. The van der Waals surface area contributed by atoms with E-state index in [1.807, 2.05) is 18.2 Å². The van der Waals surface area contributed by atoms with Gasteiger partial charge in [-0.1, -0.05) is 19.1 Å². The Morgan fingerprint density at radius 3 is 3.00 bits per heavy atom. The molecule has 1 heterocycles. The molecule has 0 saturated carbocycles. The lowest BCUT2D eigenvalue weighted by atomic mass is 10.2. The highest BCUT2D eigenvalue weighted by molar-refractivity contribution is 5.77. The van der Waals surface area contributed by atoms with Crippen molar-refractivity contribution in [1.29, 1.82) is 0 Å². The summed E-state index contributed by atoms with van der Waals surface area (Å²) in [4.78, 5) is 4.37. The molecule has 67 valence electrons. The quantitative estimate of drug-likeness (QED) is 0.699. The largest absolute Gasteiger partial charge is 0.441 e. The molecular formula is C11H12NO. The fourth-order valence-corrected chi connectivity index (χ4v) is 1.37. The van der Waals surface area contributed by atoms with Crippen molar-refractivity contribution in [2.24, 2.45) is 0 Å². The average Bonchev–Trinajstić information content (AvgIpc) is 2.49. The second-order valence-corrected chi connectivity index (χ2v) is 3.12. The van der Waals surface area contributed by atoms with Crippen LogP contribution in [-0.4, -0.2) is 4.98 Å². The van der Waals surface area contributed by atoms with Crippen LogP contribution >= 0.6 is 0 Å². The van der Waals surface area contributed by atoms with E-state index >= 15 is 0 Å². The molecule has 0 bridgehead atoms. The summed E-state index contributed by atoms with van der Waals surface area (Å²) in [5, 5.41) is 0. The van der Waals surface area contributed by atoms with Gasteiger partial charge < -0.3 is 4.42 Å². The van der Waals surface area contributed by atoms with Gasteiger partial charge in [-0.3, -0.25) is 0 Å². The summed E-state index contributed by atoms with van der Waals surface area (Å²) in [6, 6.07) is 5.81. The Hall–Kier alpha value is -1.31. The summed E-state index contributed by atoms with van der Waals surface area (Å²) in [5.74, 6) is 0.814. The van der Waals surface area contributed by atoms with Crippen LogP contribution in [0.25, 0.3) is 11.1 Å². The number of rotatable bonds is 2. The Morgan fingerprint density at radius 2 is 2.31 bits per heavy atom. The fraction of sp³-hybridized carbons (Fsp3) is 0.273. The molecule has 0 aliphatic rings. The number of para-hydroxylation sites is 1. The zero-order chi connectivity index (χ0) is 9.26. The molecule has 1 aromatic carbocycles. The normalized spacial score (nSPS) is 10.9. The molecule has 13 heavy (non-hydrogen) atoms. The average molecular weight is 174 g/mol. The molecule has 0 fully saturated rings. The van der Waals surface area contributed by atoms with Crippen LogP contribution in [0.3, 0.4) is 0 Å². The van der Waals surface area contributed by atoms with Gasteiger partial charge in [0.2, 0.25) is 0 Å². The Balaban J connectivity index is 2.55. The van der Waals surface area contributed by atoms with Crippen molar-refractivity contribution in [2.75, 3.05) is 0 Å². The van der Waals surface area contributed by atoms with Crippen molar-refractivity contribution in [2.45, 2.75) is 19.8 Å². The molecule has 0 aliphatic heterocycles. The Labute approximate surface area is 77.6 Å². The number of fused-ring (bicyclic) bond motifs is 1. The summed E-state index contributed by atoms with van der Waals surface area (Å²) in [5.41, 5.74) is 2.67. The van der Waals surface area contributed by atoms with Crippen molar-refractivity contribution in [1.82, 2.24) is 4.98 Å². The van der Waals surface area contributed by atoms with Crippen LogP contribution in [0.5, 0.6) is 0 Å². The van der Waals surface area contributed by atoms with Gasteiger partial charge in [0, 0.05) is 6.42 Å². The van der Waals surface area contributed by atoms with Gasteiger partial charge >= 0.3 is 0 Å². The summed E-state index contributed by atoms with van der Waals surface area (Å²) < 4.78 is 5.54. The minimum Gasteiger partial charge on any atom is -0.441 e. The van der Waals surface area contributed by atoms with E-state index in [4.69, 9.17) is 4.42 Å². The predicted molar refractivity (Wildman–Crippen MR) is 52.5 cm³/mol. The summed E-state index contributed by atoms with van der Waals surface area (Å²) in [6.45, 7) is 6.01. The number of benzene rings is 1. The summed E-state index contributed by atoms with van der Waals surface area (Å²) in [7, 11) is 0. The first-order valence-corrected chi connectivity index (χ1v) is 4.51. The maximum absolute atomic E-state index is 5.54. The second kappa shape index (κ2) is 3.21. The molecule has 1 radical (unpaired) electrons. The van der Waals surface area contributed by atoms with E-state index in [0.29, 0.717) is 0 Å². The van der Waals surface area contributed by atoms with Crippen molar-refractivity contribution in [3.05, 3.63) is 36.6 Å². The third-order valence-corrected chi connectivity index (χ3v) is 2.01. The highest BCUT2D eigenvalue weighted by Gasteiger charge is 2.05. The molecule has 2 heteroatoms. The molecular weight excluding hydrogens is 162 g/mol. The van der Waals surface area contributed by atoms with Crippen molar-refractivity contribution < 1.29 is 4.42 Å². The number of hydrogen-bond donors (Lipinski definition) is 0. The van der Waals surface area contributed by atoms with Crippen LogP contribution in [0.1, 0.15) is 24.8 Å². The Bertz CT molecular complexity index is 417. The highest BCUT2D eigenvalue weighted by Crippen LogP contribution is 2.19. The molecule has 0 amide bonds. The van der Waals surface area contributed by atoms with Crippen LogP contribution in [0, 0.1) is 6.92 Å². The molecule has 0 N–H and O–H groups in total. The molecule has 2 rings (SSSR count). The lowest BCUT2D eigenvalue weighted by Gasteiger charge is -1.88. The van der Waals surface area contributed by atoms with Crippen LogP contribution in [-0.2, 0) is 6.42 Å². The lowest BCUT2D eigenvalue weighted by molar-refractivity contribution is 0.525. The predicted octanol–water partition coefficient (Wildman–Crippen LogP) is 2.96. The summed E-state index contributed by atoms with van der Waals surface area (Å²) >= 11 is 0. The second-order valence-electron chi connectivity index (χ2n) is 3.12. The van der Waals surface area contributed by atoms with Gasteiger partial charge in [0.15, 0.2) is 11.5 Å². The SMILES string of the molecule is [CH2]c1cccc2oc(CCC)nc12. The van der Waals surface area contributed by atoms with Crippen molar-refractivity contribution >= 4 is 11.1 Å². The van der Waals surface area contributed by atoms with Gasteiger partial charge in [0.25, 0.3) is 0 Å². The molecule has 0 unspecified atom stereocenters. The zero-order valence-electron chi connectivity index (χ0n) is 7.71. The van der Waals surface area contributed by atoms with Crippen molar-refractivity contribution in [3.8, 4) is 0 Å². The van der Waals surface area contributed by atoms with Crippen LogP contribution in [0.4, 0.5) is 0 Å². The van der Waals surface area contributed by atoms with E-state index in [0.717, 1.165) is 35.4 Å². The minimum absolute atomic E-state index is 0.814. The Morgan fingerprint density at radius 1 is 1.46 bits per heavy atom. The van der Waals surface area contributed by atoms with Gasteiger partial charge in [-0.25, -0.2) is 4.98 Å². The van der Waals surface area contributed by atoms with Gasteiger partial charge in [-0.05, 0) is 25.0 Å². The van der Waals surface area contributed by atoms with E-state index in [2.05, 4.69) is 18.8 Å². The number of hydrogen-bond acceptors (Lipinski definition) is 2. The van der Waals surface area contributed by atoms with Gasteiger partial charge in [-0.15, -0.1) is 0 Å². The van der Waals surface area contributed by atoms with E-state index in [1.54, 1.807) is 0 Å². The van der Waals surface area contributed by atoms with Crippen molar-refractivity contribution in [3.63, 3.8) is 0 Å².